The molecule has 110 valence electrons. The Balaban J connectivity index is 1.77. The Hall–Kier alpha value is -1.09. The summed E-state index contributed by atoms with van der Waals surface area (Å²) in [5, 5.41) is 0. The molecule has 0 radical (unpaired) electrons. The highest BCUT2D eigenvalue weighted by atomic mass is 16.2. The van der Waals surface area contributed by atoms with Crippen LogP contribution in [0.25, 0.3) is 0 Å². The van der Waals surface area contributed by atoms with E-state index in [1.165, 1.54) is 43.4 Å². The van der Waals surface area contributed by atoms with Crippen molar-refractivity contribution in [3.8, 4) is 0 Å². The Bertz CT molecular complexity index is 438. The maximum atomic E-state index is 12.4. The molecule has 3 rings (SSSR count). The van der Waals surface area contributed by atoms with Crippen molar-refractivity contribution in [2.75, 3.05) is 26.2 Å². The molecule has 3 nitrogen and oxygen atoms in total. The van der Waals surface area contributed by atoms with Crippen LogP contribution in [0.1, 0.15) is 45.4 Å². The van der Waals surface area contributed by atoms with Gasteiger partial charge in [-0.25, -0.2) is 0 Å². The summed E-state index contributed by atoms with van der Waals surface area (Å²) < 4.78 is 0. The van der Waals surface area contributed by atoms with Crippen LogP contribution in [0.15, 0.2) is 23.4 Å². The Morgan fingerprint density at radius 3 is 3.00 bits per heavy atom. The molecular formula is C17H26N2O. The lowest BCUT2D eigenvalue weighted by Gasteiger charge is -2.43. The molecule has 2 aliphatic heterocycles. The Morgan fingerprint density at radius 2 is 2.15 bits per heavy atom. The normalized spacial score (nSPS) is 26.8. The van der Waals surface area contributed by atoms with Crippen molar-refractivity contribution >= 4 is 5.91 Å². The van der Waals surface area contributed by atoms with E-state index in [1.807, 2.05) is 0 Å². The monoisotopic (exact) mass is 274 g/mol. The molecule has 0 saturated carbocycles. The van der Waals surface area contributed by atoms with Gasteiger partial charge in [0, 0.05) is 18.8 Å². The minimum atomic E-state index is 0.313. The summed E-state index contributed by atoms with van der Waals surface area (Å²) in [5.41, 5.74) is 2.76. The third-order valence-corrected chi connectivity index (χ3v) is 4.89. The Kier molecular flexibility index (Phi) is 4.25. The maximum absolute atomic E-state index is 12.4. The predicted octanol–water partition coefficient (Wildman–Crippen LogP) is 2.94. The van der Waals surface area contributed by atoms with Crippen LogP contribution in [0.2, 0.25) is 0 Å². The highest BCUT2D eigenvalue weighted by Crippen LogP contribution is 2.36. The molecule has 0 aromatic carbocycles. The SMILES string of the molecule is CCCCCN1CC(=O)N2CCC3CCC=CC3=C2C1. The van der Waals surface area contributed by atoms with Gasteiger partial charge in [-0.3, -0.25) is 9.69 Å². The van der Waals surface area contributed by atoms with Crippen molar-refractivity contribution in [2.45, 2.75) is 45.4 Å². The van der Waals surface area contributed by atoms with E-state index in [9.17, 15) is 4.79 Å². The third-order valence-electron chi connectivity index (χ3n) is 4.89. The lowest BCUT2D eigenvalue weighted by molar-refractivity contribution is -0.133. The van der Waals surface area contributed by atoms with E-state index in [1.54, 1.807) is 0 Å². The first-order valence-corrected chi connectivity index (χ1v) is 8.22. The third kappa shape index (κ3) is 2.69. The molecular weight excluding hydrogens is 248 g/mol. The van der Waals surface area contributed by atoms with Crippen LogP contribution in [0.3, 0.4) is 0 Å². The molecule has 0 N–H and O–H groups in total. The first-order chi connectivity index (χ1) is 9.79. The van der Waals surface area contributed by atoms with Gasteiger partial charge in [0.15, 0.2) is 0 Å². The number of carbonyl (C=O) groups is 1. The van der Waals surface area contributed by atoms with E-state index in [0.29, 0.717) is 18.4 Å². The largest absolute Gasteiger partial charge is 0.313 e. The second-order valence-electron chi connectivity index (χ2n) is 6.33. The zero-order valence-electron chi connectivity index (χ0n) is 12.6. The zero-order valence-corrected chi connectivity index (χ0v) is 12.6. The van der Waals surface area contributed by atoms with Gasteiger partial charge in [-0.2, -0.15) is 0 Å². The fraction of sp³-hybridized carbons (Fsp3) is 0.706. The molecule has 20 heavy (non-hydrogen) atoms. The van der Waals surface area contributed by atoms with Crippen LogP contribution in [0, 0.1) is 5.92 Å². The van der Waals surface area contributed by atoms with Crippen LogP contribution in [-0.4, -0.2) is 41.9 Å². The molecule has 1 saturated heterocycles. The van der Waals surface area contributed by atoms with E-state index in [4.69, 9.17) is 0 Å². The van der Waals surface area contributed by atoms with Gasteiger partial charge < -0.3 is 4.90 Å². The summed E-state index contributed by atoms with van der Waals surface area (Å²) in [5.74, 6) is 1.02. The van der Waals surface area contributed by atoms with Crippen molar-refractivity contribution in [1.29, 1.82) is 0 Å². The predicted molar refractivity (Wildman–Crippen MR) is 81.2 cm³/mol. The van der Waals surface area contributed by atoms with Gasteiger partial charge in [-0.05, 0) is 43.7 Å². The lowest BCUT2D eigenvalue weighted by Crippen LogP contribution is -2.51. The molecule has 1 amide bonds. The average molecular weight is 274 g/mol. The van der Waals surface area contributed by atoms with Crippen molar-refractivity contribution < 1.29 is 4.79 Å². The summed E-state index contributed by atoms with van der Waals surface area (Å²) in [7, 11) is 0. The van der Waals surface area contributed by atoms with Crippen LogP contribution in [-0.2, 0) is 4.79 Å². The Morgan fingerprint density at radius 1 is 1.25 bits per heavy atom. The molecule has 1 fully saturated rings. The van der Waals surface area contributed by atoms with Gasteiger partial charge in [0.1, 0.15) is 0 Å². The van der Waals surface area contributed by atoms with Crippen LogP contribution in [0.4, 0.5) is 0 Å². The highest BCUT2D eigenvalue weighted by molar-refractivity contribution is 5.82. The molecule has 0 aromatic heterocycles. The Labute approximate surface area is 122 Å². The molecule has 0 spiro atoms. The number of unbranched alkanes of at least 4 members (excludes halogenated alkanes) is 2. The molecule has 1 aliphatic carbocycles. The lowest BCUT2D eigenvalue weighted by atomic mass is 9.82. The number of hydrogen-bond acceptors (Lipinski definition) is 2. The first-order valence-electron chi connectivity index (χ1n) is 8.22. The summed E-state index contributed by atoms with van der Waals surface area (Å²) in [6, 6.07) is 0. The quantitative estimate of drug-likeness (QED) is 0.736. The van der Waals surface area contributed by atoms with Gasteiger partial charge in [0.25, 0.3) is 0 Å². The van der Waals surface area contributed by atoms with Gasteiger partial charge in [0.2, 0.25) is 5.91 Å². The van der Waals surface area contributed by atoms with E-state index in [0.717, 1.165) is 26.1 Å². The van der Waals surface area contributed by atoms with Crippen molar-refractivity contribution in [2.24, 2.45) is 5.92 Å². The number of piperazine rings is 1. The summed E-state index contributed by atoms with van der Waals surface area (Å²) in [4.78, 5) is 16.8. The molecule has 3 aliphatic rings. The van der Waals surface area contributed by atoms with Gasteiger partial charge in [-0.1, -0.05) is 31.9 Å². The van der Waals surface area contributed by atoms with Gasteiger partial charge in [-0.15, -0.1) is 0 Å². The summed E-state index contributed by atoms with van der Waals surface area (Å²) in [6.45, 7) is 5.84. The second-order valence-corrected chi connectivity index (χ2v) is 6.33. The second kappa shape index (κ2) is 6.13. The van der Waals surface area contributed by atoms with Gasteiger partial charge in [0.05, 0.1) is 6.54 Å². The smallest absolute Gasteiger partial charge is 0.240 e. The number of fused-ring (bicyclic) bond motifs is 2. The highest BCUT2D eigenvalue weighted by Gasteiger charge is 2.35. The van der Waals surface area contributed by atoms with E-state index in [2.05, 4.69) is 28.9 Å². The van der Waals surface area contributed by atoms with E-state index >= 15 is 0 Å². The first kappa shape index (κ1) is 13.9. The number of carbonyl (C=O) groups excluding carboxylic acids is 1. The van der Waals surface area contributed by atoms with Crippen LogP contribution < -0.4 is 0 Å². The summed E-state index contributed by atoms with van der Waals surface area (Å²) >= 11 is 0. The zero-order chi connectivity index (χ0) is 13.9. The van der Waals surface area contributed by atoms with E-state index in [-0.39, 0.29) is 0 Å². The topological polar surface area (TPSA) is 23.6 Å². The van der Waals surface area contributed by atoms with Crippen LogP contribution >= 0.6 is 0 Å². The van der Waals surface area contributed by atoms with Crippen molar-refractivity contribution in [1.82, 2.24) is 9.80 Å². The fourth-order valence-corrected chi connectivity index (χ4v) is 3.75. The maximum Gasteiger partial charge on any atom is 0.240 e. The molecule has 2 heterocycles. The number of amides is 1. The van der Waals surface area contributed by atoms with Crippen LogP contribution in [0.5, 0.6) is 0 Å². The molecule has 0 bridgehead atoms. The van der Waals surface area contributed by atoms with E-state index < -0.39 is 0 Å². The molecule has 3 heteroatoms. The number of hydrogen-bond donors (Lipinski definition) is 0. The van der Waals surface area contributed by atoms with Crippen molar-refractivity contribution in [3.05, 3.63) is 23.4 Å². The number of allylic oxidation sites excluding steroid dienone is 3. The standard InChI is InChI=1S/C17H26N2O/c1-2-3-6-10-18-12-16-15-8-5-4-7-14(15)9-11-19(16)17(20)13-18/h5,8,14H,2-4,6-7,9-13H2,1H3. The summed E-state index contributed by atoms with van der Waals surface area (Å²) in [6.07, 6.45) is 11.9. The molecule has 0 aromatic rings. The molecule has 1 unspecified atom stereocenters. The van der Waals surface area contributed by atoms with Gasteiger partial charge >= 0.3 is 0 Å². The fourth-order valence-electron chi connectivity index (χ4n) is 3.75. The van der Waals surface area contributed by atoms with Crippen molar-refractivity contribution in [3.63, 3.8) is 0 Å². The number of rotatable bonds is 4. The molecule has 1 atom stereocenters. The minimum absolute atomic E-state index is 0.313. The average Bonchev–Trinajstić information content (AvgIpc) is 2.47. The number of nitrogens with zero attached hydrogens (tertiary/aromatic N) is 2. The minimum Gasteiger partial charge on any atom is -0.313 e.